The topological polar surface area (TPSA) is 70.8 Å². The first-order valence-electron chi connectivity index (χ1n) is 6.63. The quantitative estimate of drug-likeness (QED) is 0.784. The number of aryl methyl sites for hydroxylation is 1. The maximum Gasteiger partial charge on any atom is 0.181 e. The molecule has 0 saturated carbocycles. The lowest BCUT2D eigenvalue weighted by Crippen LogP contribution is -2.24. The van der Waals surface area contributed by atoms with Crippen LogP contribution < -0.4 is 4.90 Å². The van der Waals surface area contributed by atoms with Crippen molar-refractivity contribution in [1.82, 2.24) is 19.9 Å². The molecule has 0 radical (unpaired) electrons. The number of rotatable bonds is 2. The first-order valence-corrected chi connectivity index (χ1v) is 7.61. The molecule has 6 nitrogen and oxygen atoms in total. The summed E-state index contributed by atoms with van der Waals surface area (Å²) in [6.45, 7) is 2.85. The predicted octanol–water partition coefficient (Wildman–Crippen LogP) is 2.81. The van der Waals surface area contributed by atoms with Crippen molar-refractivity contribution in [2.75, 3.05) is 17.2 Å². The third-order valence-electron chi connectivity index (χ3n) is 3.44. The van der Waals surface area contributed by atoms with Crippen molar-refractivity contribution in [2.45, 2.75) is 6.92 Å². The highest BCUT2D eigenvalue weighted by molar-refractivity contribution is 8.08. The number of nitrogens with one attached hydrogen (secondary N) is 1. The van der Waals surface area contributed by atoms with Crippen LogP contribution in [-0.4, -0.2) is 32.2 Å². The van der Waals surface area contributed by atoms with Crippen molar-refractivity contribution >= 4 is 33.5 Å². The average molecular weight is 299 g/mol. The standard InChI is InChI=1S/C14H13N5OS/c1-9-12(20-8-18-9)11-6-19(4-5-21-11)14-10-2-3-15-13(10)16-7-17-14/h2-3,6-8H,4-5H2,1H3,(H,15,16,17). The monoisotopic (exact) mass is 299 g/mol. The van der Waals surface area contributed by atoms with Gasteiger partial charge in [-0.1, -0.05) is 0 Å². The van der Waals surface area contributed by atoms with E-state index in [0.717, 1.165) is 45.5 Å². The number of anilines is 1. The molecule has 0 unspecified atom stereocenters. The highest BCUT2D eigenvalue weighted by atomic mass is 32.2. The number of H-pyrrole nitrogens is 1. The highest BCUT2D eigenvalue weighted by Gasteiger charge is 2.20. The molecule has 1 aliphatic heterocycles. The summed E-state index contributed by atoms with van der Waals surface area (Å²) in [6, 6.07) is 2.00. The number of nitrogens with zero attached hydrogens (tertiary/aromatic N) is 4. The van der Waals surface area contributed by atoms with Crippen LogP contribution in [0, 0.1) is 6.92 Å². The van der Waals surface area contributed by atoms with Gasteiger partial charge in [-0.15, -0.1) is 11.8 Å². The maximum atomic E-state index is 5.49. The largest absolute Gasteiger partial charge is 0.443 e. The molecule has 3 aromatic rings. The van der Waals surface area contributed by atoms with Gasteiger partial charge in [0.15, 0.2) is 12.2 Å². The third kappa shape index (κ3) is 2.09. The summed E-state index contributed by atoms with van der Waals surface area (Å²) in [5.41, 5.74) is 1.76. The van der Waals surface area contributed by atoms with E-state index in [0.29, 0.717) is 0 Å². The number of oxazole rings is 1. The molecule has 0 aromatic carbocycles. The van der Waals surface area contributed by atoms with E-state index >= 15 is 0 Å². The van der Waals surface area contributed by atoms with Gasteiger partial charge in [0.1, 0.15) is 17.8 Å². The van der Waals surface area contributed by atoms with Crippen molar-refractivity contribution in [1.29, 1.82) is 0 Å². The summed E-state index contributed by atoms with van der Waals surface area (Å²) >= 11 is 1.78. The second-order valence-electron chi connectivity index (χ2n) is 4.74. The lowest BCUT2D eigenvalue weighted by molar-refractivity contribution is 0.546. The van der Waals surface area contributed by atoms with E-state index in [9.17, 15) is 0 Å². The fraction of sp³-hybridized carbons (Fsp3) is 0.214. The Bertz CT molecular complexity index is 822. The first kappa shape index (κ1) is 12.5. The van der Waals surface area contributed by atoms with Crippen LogP contribution in [0.5, 0.6) is 0 Å². The Hall–Kier alpha value is -2.28. The van der Waals surface area contributed by atoms with Crippen molar-refractivity contribution in [3.05, 3.63) is 42.6 Å². The SMILES string of the molecule is Cc1ncoc1C1=CN(c2ncnc3[nH]ccc23)CCS1. The van der Waals surface area contributed by atoms with Crippen molar-refractivity contribution < 1.29 is 4.42 Å². The molecule has 1 aliphatic rings. The van der Waals surface area contributed by atoms with E-state index in [-0.39, 0.29) is 0 Å². The average Bonchev–Trinajstić information content (AvgIpc) is 3.15. The zero-order valence-electron chi connectivity index (χ0n) is 11.4. The Labute approximate surface area is 125 Å². The van der Waals surface area contributed by atoms with E-state index < -0.39 is 0 Å². The predicted molar refractivity (Wildman–Crippen MR) is 82.9 cm³/mol. The maximum absolute atomic E-state index is 5.49. The van der Waals surface area contributed by atoms with Gasteiger partial charge >= 0.3 is 0 Å². The van der Waals surface area contributed by atoms with Crippen LogP contribution in [0.4, 0.5) is 5.82 Å². The van der Waals surface area contributed by atoms with Crippen LogP contribution >= 0.6 is 11.8 Å². The van der Waals surface area contributed by atoms with Crippen molar-refractivity contribution in [3.63, 3.8) is 0 Å². The number of thioether (sulfide) groups is 1. The molecule has 0 bridgehead atoms. The summed E-state index contributed by atoms with van der Waals surface area (Å²) in [5, 5.41) is 1.02. The van der Waals surface area contributed by atoms with Gasteiger partial charge in [-0.05, 0) is 13.0 Å². The summed E-state index contributed by atoms with van der Waals surface area (Å²) < 4.78 is 5.49. The summed E-state index contributed by atoms with van der Waals surface area (Å²) in [4.78, 5) is 19.2. The van der Waals surface area contributed by atoms with Crippen LogP contribution in [0.15, 0.2) is 35.6 Å². The molecule has 21 heavy (non-hydrogen) atoms. The highest BCUT2D eigenvalue weighted by Crippen LogP contribution is 2.35. The third-order valence-corrected chi connectivity index (χ3v) is 4.43. The van der Waals surface area contributed by atoms with Crippen LogP contribution in [-0.2, 0) is 0 Å². The zero-order chi connectivity index (χ0) is 14.2. The number of aromatic amines is 1. The molecular weight excluding hydrogens is 286 g/mol. The lowest BCUT2D eigenvalue weighted by Gasteiger charge is -2.25. The Morgan fingerprint density at radius 1 is 1.33 bits per heavy atom. The van der Waals surface area contributed by atoms with Crippen LogP contribution in [0.3, 0.4) is 0 Å². The summed E-state index contributed by atoms with van der Waals surface area (Å²) in [5.74, 6) is 2.72. The minimum atomic E-state index is 0.837. The summed E-state index contributed by atoms with van der Waals surface area (Å²) in [7, 11) is 0. The molecular formula is C14H13N5OS. The van der Waals surface area contributed by atoms with Crippen LogP contribution in [0.25, 0.3) is 15.9 Å². The normalized spacial score (nSPS) is 15.5. The smallest absolute Gasteiger partial charge is 0.181 e. The number of fused-ring (bicyclic) bond motifs is 1. The van der Waals surface area contributed by atoms with Gasteiger partial charge in [-0.2, -0.15) is 0 Å². The molecule has 0 saturated heterocycles. The Morgan fingerprint density at radius 3 is 3.14 bits per heavy atom. The number of hydrogen-bond acceptors (Lipinski definition) is 6. The molecule has 0 amide bonds. The molecule has 4 rings (SSSR count). The van der Waals surface area contributed by atoms with E-state index in [2.05, 4.69) is 31.0 Å². The zero-order valence-corrected chi connectivity index (χ0v) is 12.2. The van der Waals surface area contributed by atoms with E-state index in [1.807, 2.05) is 19.2 Å². The molecule has 0 aliphatic carbocycles. The first-order chi connectivity index (χ1) is 10.3. The minimum absolute atomic E-state index is 0.837. The number of aromatic nitrogens is 4. The molecule has 0 fully saturated rings. The molecule has 1 N–H and O–H groups in total. The summed E-state index contributed by atoms with van der Waals surface area (Å²) in [6.07, 6.45) is 7.03. The van der Waals surface area contributed by atoms with E-state index in [1.165, 1.54) is 6.39 Å². The van der Waals surface area contributed by atoms with Crippen LogP contribution in [0.2, 0.25) is 0 Å². The Balaban J connectivity index is 1.79. The van der Waals surface area contributed by atoms with Gasteiger partial charge in [0, 0.05) is 24.7 Å². The van der Waals surface area contributed by atoms with Gasteiger partial charge in [0.25, 0.3) is 0 Å². The van der Waals surface area contributed by atoms with Crippen molar-refractivity contribution in [3.8, 4) is 0 Å². The van der Waals surface area contributed by atoms with Crippen LogP contribution in [0.1, 0.15) is 11.5 Å². The van der Waals surface area contributed by atoms with Gasteiger partial charge in [-0.25, -0.2) is 15.0 Å². The van der Waals surface area contributed by atoms with Crippen molar-refractivity contribution in [2.24, 2.45) is 0 Å². The van der Waals surface area contributed by atoms with Gasteiger partial charge < -0.3 is 14.3 Å². The van der Waals surface area contributed by atoms with Gasteiger partial charge in [-0.3, -0.25) is 0 Å². The molecule has 0 atom stereocenters. The molecule has 4 heterocycles. The van der Waals surface area contributed by atoms with E-state index in [4.69, 9.17) is 4.42 Å². The molecule has 0 spiro atoms. The Morgan fingerprint density at radius 2 is 2.29 bits per heavy atom. The fourth-order valence-corrected chi connectivity index (χ4v) is 3.45. The second kappa shape index (κ2) is 4.92. The van der Waals surface area contributed by atoms with E-state index in [1.54, 1.807) is 18.1 Å². The van der Waals surface area contributed by atoms with Gasteiger partial charge in [0.05, 0.1) is 16.0 Å². The molecule has 7 heteroatoms. The minimum Gasteiger partial charge on any atom is -0.443 e. The fourth-order valence-electron chi connectivity index (χ4n) is 2.41. The molecule has 106 valence electrons. The Kier molecular flexibility index (Phi) is 2.92. The molecule has 3 aromatic heterocycles. The van der Waals surface area contributed by atoms with Gasteiger partial charge in [0.2, 0.25) is 0 Å². The number of hydrogen-bond donors (Lipinski definition) is 1. The second-order valence-corrected chi connectivity index (χ2v) is 5.88. The lowest BCUT2D eigenvalue weighted by atomic mass is 10.3.